The van der Waals surface area contributed by atoms with Crippen molar-refractivity contribution in [2.45, 2.75) is 224 Å². The minimum atomic E-state index is -1.98. The molecule has 18 atom stereocenters. The zero-order chi connectivity index (χ0) is 52.4. The van der Waals surface area contributed by atoms with Crippen molar-refractivity contribution < 1.29 is 72.7 Å². The van der Waals surface area contributed by atoms with Gasteiger partial charge in [0.25, 0.3) is 0 Å². The van der Waals surface area contributed by atoms with Gasteiger partial charge in [0.15, 0.2) is 18.7 Å². The van der Waals surface area contributed by atoms with Crippen LogP contribution in [0.3, 0.4) is 0 Å². The van der Waals surface area contributed by atoms with Gasteiger partial charge in [0.1, 0.15) is 35.8 Å². The van der Waals surface area contributed by atoms with Crippen LogP contribution in [0.15, 0.2) is 35.5 Å². The van der Waals surface area contributed by atoms with E-state index < -0.39 is 102 Å². The standard InChI is InChI=1S/C54H90N2O15/c1-14-41-54(10,62)47(59)34(4)44(55-65-27-21-26-64-39-24-19-16-20-25-39)32(2)30-52(8,61)48(71-51-45(58)40(56(11)12)28-33(3)66-51)35(5)46(36(6)50(60)68-41)70-43-31-53(9,63-13)49(37(7)67-43)69-42(57)29-38-22-17-15-18-23-38/h16,19-20,24-25,32-38,40-41,43,45-49,51,58-59,61-62H,14-15,17-18,21-23,26-31H2,1-13H3/b55-44+/t32-,33-,34+,35+,36-,37+,40+,41-,43?,45-,46+,47-,48-,49+,51+,52?,53-,54-/m1/s1. The summed E-state index contributed by atoms with van der Waals surface area (Å²) in [6.07, 6.45) is -3.24. The number of para-hydroxylation sites is 1. The van der Waals surface area contributed by atoms with E-state index in [1.165, 1.54) is 13.3 Å². The van der Waals surface area contributed by atoms with Crippen molar-refractivity contribution in [1.29, 1.82) is 0 Å². The maximum absolute atomic E-state index is 14.7. The van der Waals surface area contributed by atoms with E-state index in [1.807, 2.05) is 70.1 Å². The zero-order valence-corrected chi connectivity index (χ0v) is 45.0. The molecule has 1 saturated carbocycles. The predicted molar refractivity (Wildman–Crippen MR) is 266 cm³/mol. The van der Waals surface area contributed by atoms with Crippen molar-refractivity contribution in [1.82, 2.24) is 4.90 Å². The second-order valence-corrected chi connectivity index (χ2v) is 22.1. The van der Waals surface area contributed by atoms with Crippen molar-refractivity contribution >= 4 is 17.7 Å². The van der Waals surface area contributed by atoms with E-state index >= 15 is 0 Å². The number of benzene rings is 1. The average Bonchev–Trinajstić information content (AvgIpc) is 3.32. The Morgan fingerprint density at radius 1 is 0.887 bits per heavy atom. The first kappa shape index (κ1) is 58.9. The Bertz CT molecular complexity index is 1830. The number of carbonyl (C=O) groups is 2. The van der Waals surface area contributed by atoms with Crippen LogP contribution in [0.25, 0.3) is 0 Å². The smallest absolute Gasteiger partial charge is 0.311 e. The Kier molecular flexibility index (Phi) is 21.6. The average molecular weight is 1010 g/mol. The molecule has 5 rings (SSSR count). The molecule has 3 heterocycles. The lowest BCUT2D eigenvalue weighted by molar-refractivity contribution is -0.318. The van der Waals surface area contributed by atoms with E-state index in [4.69, 9.17) is 42.7 Å². The van der Waals surface area contributed by atoms with E-state index in [-0.39, 0.29) is 49.9 Å². The van der Waals surface area contributed by atoms with E-state index in [9.17, 15) is 30.0 Å². The fourth-order valence-electron chi connectivity index (χ4n) is 11.6. The van der Waals surface area contributed by atoms with Gasteiger partial charge in [-0.1, -0.05) is 70.3 Å². The maximum Gasteiger partial charge on any atom is 0.311 e. The summed E-state index contributed by atoms with van der Waals surface area (Å²) in [7, 11) is 5.30. The third kappa shape index (κ3) is 15.1. The van der Waals surface area contributed by atoms with Crippen LogP contribution < -0.4 is 4.74 Å². The van der Waals surface area contributed by atoms with Crippen LogP contribution in [0, 0.1) is 29.6 Å². The Balaban J connectivity index is 1.52. The number of methoxy groups -OCH3 is 1. The molecule has 0 bridgehead atoms. The number of hydrogen-bond acceptors (Lipinski definition) is 17. The minimum Gasteiger partial charge on any atom is -0.493 e. The fourth-order valence-corrected chi connectivity index (χ4v) is 11.6. The lowest BCUT2D eigenvalue weighted by Crippen LogP contribution is -2.61. The minimum absolute atomic E-state index is 0.0225. The van der Waals surface area contributed by atoms with Crippen LogP contribution in [-0.2, 0) is 47.6 Å². The van der Waals surface area contributed by atoms with Gasteiger partial charge < -0.3 is 68.1 Å². The molecule has 2 unspecified atom stereocenters. The molecule has 17 heteroatoms. The molecule has 71 heavy (non-hydrogen) atoms. The van der Waals surface area contributed by atoms with Crippen LogP contribution in [0.4, 0.5) is 0 Å². The van der Waals surface area contributed by atoms with E-state index in [0.29, 0.717) is 31.6 Å². The highest BCUT2D eigenvalue weighted by Crippen LogP contribution is 2.42. The molecular weight excluding hydrogens is 917 g/mol. The molecule has 4 N–H and O–H groups in total. The number of nitrogens with zero attached hydrogens (tertiary/aromatic N) is 2. The maximum atomic E-state index is 14.7. The van der Waals surface area contributed by atoms with Gasteiger partial charge in [0, 0.05) is 50.2 Å². The molecule has 0 radical (unpaired) electrons. The number of aliphatic hydroxyl groups is 4. The molecule has 0 aromatic heterocycles. The summed E-state index contributed by atoms with van der Waals surface area (Å²) in [5.41, 5.74) is -4.48. The molecule has 0 spiro atoms. The number of carbonyl (C=O) groups excluding carboxylic acids is 2. The van der Waals surface area contributed by atoms with Gasteiger partial charge in [-0.05, 0) is 106 Å². The van der Waals surface area contributed by atoms with Gasteiger partial charge in [0.05, 0.1) is 54.4 Å². The third-order valence-electron chi connectivity index (χ3n) is 15.8. The molecule has 3 aliphatic heterocycles. The Morgan fingerprint density at radius 3 is 2.20 bits per heavy atom. The quantitative estimate of drug-likeness (QED) is 0.0782. The van der Waals surface area contributed by atoms with Crippen molar-refractivity contribution in [2.24, 2.45) is 34.7 Å². The number of esters is 2. The summed E-state index contributed by atoms with van der Waals surface area (Å²) < 4.78 is 51.0. The van der Waals surface area contributed by atoms with Crippen LogP contribution in [-0.4, -0.2) is 162 Å². The summed E-state index contributed by atoms with van der Waals surface area (Å²) in [6, 6.07) is 9.07. The largest absolute Gasteiger partial charge is 0.493 e. The van der Waals surface area contributed by atoms with Gasteiger partial charge in [-0.2, -0.15) is 0 Å². The molecule has 1 aromatic rings. The Morgan fingerprint density at radius 2 is 1.56 bits per heavy atom. The monoisotopic (exact) mass is 1010 g/mol. The summed E-state index contributed by atoms with van der Waals surface area (Å²) in [5, 5.41) is 53.8. The lowest BCUT2D eigenvalue weighted by Gasteiger charge is -2.49. The summed E-state index contributed by atoms with van der Waals surface area (Å²) >= 11 is 0. The van der Waals surface area contributed by atoms with Gasteiger partial charge in [-0.25, -0.2) is 0 Å². The Labute approximate surface area is 423 Å². The molecule has 0 amide bonds. The number of hydrogen-bond donors (Lipinski definition) is 4. The number of rotatable bonds is 16. The number of aliphatic hydroxyl groups excluding tert-OH is 2. The van der Waals surface area contributed by atoms with Gasteiger partial charge in [-0.15, -0.1) is 0 Å². The normalized spacial score (nSPS) is 41.0. The number of ether oxygens (including phenoxy) is 8. The van der Waals surface area contributed by atoms with Crippen LogP contribution >= 0.6 is 0 Å². The molecule has 1 aliphatic carbocycles. The van der Waals surface area contributed by atoms with Crippen molar-refractivity contribution in [3.05, 3.63) is 30.3 Å². The van der Waals surface area contributed by atoms with E-state index in [2.05, 4.69) is 5.16 Å². The zero-order valence-electron chi connectivity index (χ0n) is 45.0. The highest BCUT2D eigenvalue weighted by atomic mass is 16.7. The summed E-state index contributed by atoms with van der Waals surface area (Å²) in [6.45, 7) is 17.9. The Hall–Kier alpha value is -2.97. The molecule has 406 valence electrons. The lowest BCUT2D eigenvalue weighted by atomic mass is 9.73. The summed E-state index contributed by atoms with van der Waals surface area (Å²) in [4.78, 5) is 35.9. The van der Waals surface area contributed by atoms with E-state index in [1.54, 1.807) is 48.7 Å². The van der Waals surface area contributed by atoms with Crippen molar-refractivity contribution in [3.63, 3.8) is 0 Å². The number of cyclic esters (lactones) is 1. The van der Waals surface area contributed by atoms with Gasteiger partial charge in [0.2, 0.25) is 0 Å². The van der Waals surface area contributed by atoms with Crippen molar-refractivity contribution in [3.8, 4) is 5.75 Å². The molecular formula is C54H90N2O15. The molecule has 4 fully saturated rings. The van der Waals surface area contributed by atoms with Gasteiger partial charge >= 0.3 is 11.9 Å². The SMILES string of the molecule is CC[C@H]1OC(=O)[C@H](C)[C@@H](OC2C[C@@](C)(OC)[C@@H](OC(=O)CC3CCCCC3)[C@H](C)O2)[C@H](C)[C@@H](O[C@@H]2O[C@H](C)C[C@H](N(C)C)[C@H]2O)C(C)(O)C[C@@H](C)/C(=N\OCCCOc2ccccc2)[C@H](C)[C@@H](O)[C@]1(C)O. The predicted octanol–water partition coefficient (Wildman–Crippen LogP) is 6.58. The molecule has 17 nitrogen and oxygen atoms in total. The van der Waals surface area contributed by atoms with Gasteiger partial charge in [-0.3, -0.25) is 9.59 Å². The molecule has 3 saturated heterocycles. The molecule has 4 aliphatic rings. The molecule has 1 aromatic carbocycles. The third-order valence-corrected chi connectivity index (χ3v) is 15.8. The topological polar surface area (TPSA) is 214 Å². The number of oxime groups is 1. The highest BCUT2D eigenvalue weighted by Gasteiger charge is 2.54. The van der Waals surface area contributed by atoms with Crippen LogP contribution in [0.1, 0.15) is 140 Å². The second kappa shape index (κ2) is 26.0. The summed E-state index contributed by atoms with van der Waals surface area (Å²) in [5.74, 6) is -3.47. The second-order valence-electron chi connectivity index (χ2n) is 22.1. The van der Waals surface area contributed by atoms with Crippen LogP contribution in [0.5, 0.6) is 5.75 Å². The first-order valence-corrected chi connectivity index (χ1v) is 26.4. The fraction of sp³-hybridized carbons (Fsp3) is 0.833. The van der Waals surface area contributed by atoms with Crippen LogP contribution in [0.2, 0.25) is 0 Å². The highest BCUT2D eigenvalue weighted by molar-refractivity contribution is 5.88. The first-order valence-electron chi connectivity index (χ1n) is 26.4. The van der Waals surface area contributed by atoms with E-state index in [0.717, 1.165) is 31.4 Å². The first-order chi connectivity index (χ1) is 33.4. The number of likely N-dealkylation sites (N-methyl/N-ethyl adjacent to an activating group) is 1. The van der Waals surface area contributed by atoms with Crippen molar-refractivity contribution in [2.75, 3.05) is 34.4 Å².